The minimum atomic E-state index is -0.553. The Kier molecular flexibility index (Phi) is 4.43. The van der Waals surface area contributed by atoms with Gasteiger partial charge < -0.3 is 11.1 Å². The van der Waals surface area contributed by atoms with E-state index in [0.717, 1.165) is 0 Å². The van der Waals surface area contributed by atoms with E-state index in [1.165, 1.54) is 12.1 Å². The van der Waals surface area contributed by atoms with Crippen molar-refractivity contribution in [3.8, 4) is 0 Å². The van der Waals surface area contributed by atoms with Gasteiger partial charge in [-0.15, -0.1) is 0 Å². The number of nitrogens with one attached hydrogen (secondary N) is 1. The van der Waals surface area contributed by atoms with Crippen LogP contribution >= 0.6 is 0 Å². The van der Waals surface area contributed by atoms with E-state index in [2.05, 4.69) is 5.32 Å². The molecule has 0 radical (unpaired) electrons. The lowest BCUT2D eigenvalue weighted by Gasteiger charge is -2.14. The zero-order valence-corrected chi connectivity index (χ0v) is 9.53. The molecule has 0 spiro atoms. The molecule has 16 heavy (non-hydrogen) atoms. The van der Waals surface area contributed by atoms with Gasteiger partial charge in [0, 0.05) is 5.69 Å². The van der Waals surface area contributed by atoms with Crippen molar-refractivity contribution in [2.75, 3.05) is 5.32 Å². The zero-order chi connectivity index (χ0) is 12.1. The maximum atomic E-state index is 12.8. The summed E-state index contributed by atoms with van der Waals surface area (Å²) < 4.78 is 12.8. The van der Waals surface area contributed by atoms with Crippen molar-refractivity contribution in [2.24, 2.45) is 11.7 Å². The molecule has 0 bridgehead atoms. The molecule has 0 unspecified atom stereocenters. The average molecular weight is 224 g/mol. The van der Waals surface area contributed by atoms with Gasteiger partial charge in [0.2, 0.25) is 5.91 Å². The van der Waals surface area contributed by atoms with Gasteiger partial charge in [-0.1, -0.05) is 19.9 Å². The Morgan fingerprint density at radius 2 is 2.19 bits per heavy atom. The second-order valence-corrected chi connectivity index (χ2v) is 4.24. The Bertz CT molecular complexity index is 366. The minimum absolute atomic E-state index is 0.278. The molecule has 0 saturated carbocycles. The first-order valence-corrected chi connectivity index (χ1v) is 5.31. The summed E-state index contributed by atoms with van der Waals surface area (Å²) in [6.45, 7) is 3.99. The largest absolute Gasteiger partial charge is 0.325 e. The summed E-state index contributed by atoms with van der Waals surface area (Å²) in [4.78, 5) is 11.6. The van der Waals surface area contributed by atoms with Crippen LogP contribution in [-0.2, 0) is 4.79 Å². The van der Waals surface area contributed by atoms with Crippen molar-refractivity contribution in [1.29, 1.82) is 0 Å². The van der Waals surface area contributed by atoms with Gasteiger partial charge in [-0.25, -0.2) is 4.39 Å². The van der Waals surface area contributed by atoms with Crippen LogP contribution in [0.15, 0.2) is 24.3 Å². The van der Waals surface area contributed by atoms with Gasteiger partial charge in [0.1, 0.15) is 5.82 Å². The zero-order valence-electron chi connectivity index (χ0n) is 9.53. The van der Waals surface area contributed by atoms with Gasteiger partial charge in [0.05, 0.1) is 6.04 Å². The Morgan fingerprint density at radius 3 is 2.75 bits per heavy atom. The highest BCUT2D eigenvalue weighted by Crippen LogP contribution is 2.10. The van der Waals surface area contributed by atoms with Gasteiger partial charge in [0.15, 0.2) is 0 Å². The van der Waals surface area contributed by atoms with Crippen LogP contribution in [0.4, 0.5) is 10.1 Å². The Balaban J connectivity index is 2.57. The van der Waals surface area contributed by atoms with Gasteiger partial charge in [-0.05, 0) is 30.5 Å². The number of hydrogen-bond acceptors (Lipinski definition) is 2. The van der Waals surface area contributed by atoms with E-state index in [-0.39, 0.29) is 11.7 Å². The van der Waals surface area contributed by atoms with Gasteiger partial charge in [-0.2, -0.15) is 0 Å². The van der Waals surface area contributed by atoms with Gasteiger partial charge in [0.25, 0.3) is 0 Å². The van der Waals surface area contributed by atoms with Crippen LogP contribution in [0, 0.1) is 11.7 Å². The van der Waals surface area contributed by atoms with E-state index >= 15 is 0 Å². The molecule has 1 aromatic rings. The highest BCUT2D eigenvalue weighted by atomic mass is 19.1. The second kappa shape index (κ2) is 5.61. The molecule has 4 heteroatoms. The predicted octanol–water partition coefficient (Wildman–Crippen LogP) is 2.14. The third kappa shape index (κ3) is 3.98. The second-order valence-electron chi connectivity index (χ2n) is 4.24. The highest BCUT2D eigenvalue weighted by molar-refractivity contribution is 5.94. The molecule has 1 aromatic carbocycles. The molecule has 0 saturated heterocycles. The van der Waals surface area contributed by atoms with E-state index in [1.54, 1.807) is 12.1 Å². The first kappa shape index (κ1) is 12.6. The summed E-state index contributed by atoms with van der Waals surface area (Å²) in [7, 11) is 0. The van der Waals surface area contributed by atoms with Crippen LogP contribution in [0.25, 0.3) is 0 Å². The van der Waals surface area contributed by atoms with E-state index in [9.17, 15) is 9.18 Å². The lowest BCUT2D eigenvalue weighted by atomic mass is 10.0. The number of hydrogen-bond donors (Lipinski definition) is 2. The van der Waals surface area contributed by atoms with Crippen LogP contribution in [-0.4, -0.2) is 11.9 Å². The van der Waals surface area contributed by atoms with E-state index in [0.29, 0.717) is 18.0 Å². The smallest absolute Gasteiger partial charge is 0.241 e. The lowest BCUT2D eigenvalue weighted by molar-refractivity contribution is -0.117. The van der Waals surface area contributed by atoms with Gasteiger partial charge in [-0.3, -0.25) is 4.79 Å². The summed E-state index contributed by atoms with van der Waals surface area (Å²) >= 11 is 0. The van der Waals surface area contributed by atoms with E-state index < -0.39 is 6.04 Å². The Morgan fingerprint density at radius 1 is 1.50 bits per heavy atom. The fourth-order valence-electron chi connectivity index (χ4n) is 1.42. The normalized spacial score (nSPS) is 12.6. The average Bonchev–Trinajstić information content (AvgIpc) is 2.16. The number of nitrogens with two attached hydrogens (primary N) is 1. The molecular weight excluding hydrogens is 207 g/mol. The quantitative estimate of drug-likeness (QED) is 0.823. The molecule has 1 atom stereocenters. The first-order valence-electron chi connectivity index (χ1n) is 5.31. The molecule has 3 N–H and O–H groups in total. The first-order chi connectivity index (χ1) is 7.49. The fraction of sp³-hybridized carbons (Fsp3) is 0.417. The standard InChI is InChI=1S/C12H17FN2O/c1-8(2)6-11(14)12(16)15-10-5-3-4-9(13)7-10/h3-5,7-8,11H,6,14H2,1-2H3,(H,15,16)/t11-/m1/s1. The summed E-state index contributed by atoms with van der Waals surface area (Å²) in [5, 5.41) is 2.58. The van der Waals surface area contributed by atoms with Crippen molar-refractivity contribution >= 4 is 11.6 Å². The number of carbonyl (C=O) groups is 1. The third-order valence-corrected chi connectivity index (χ3v) is 2.15. The minimum Gasteiger partial charge on any atom is -0.325 e. The molecule has 88 valence electrons. The summed E-state index contributed by atoms with van der Waals surface area (Å²) in [6, 6.07) is 5.20. The van der Waals surface area contributed by atoms with Crippen molar-refractivity contribution < 1.29 is 9.18 Å². The summed E-state index contributed by atoms with van der Waals surface area (Å²) in [5.74, 6) is -0.303. The Labute approximate surface area is 94.8 Å². The molecule has 0 heterocycles. The topological polar surface area (TPSA) is 55.1 Å². The van der Waals surface area contributed by atoms with Gasteiger partial charge >= 0.3 is 0 Å². The summed E-state index contributed by atoms with van der Waals surface area (Å²) in [5.41, 5.74) is 6.13. The molecule has 0 aliphatic heterocycles. The molecule has 0 fully saturated rings. The van der Waals surface area contributed by atoms with Crippen LogP contribution in [0.1, 0.15) is 20.3 Å². The highest BCUT2D eigenvalue weighted by Gasteiger charge is 2.14. The number of anilines is 1. The molecule has 3 nitrogen and oxygen atoms in total. The molecule has 1 rings (SSSR count). The maximum Gasteiger partial charge on any atom is 0.241 e. The van der Waals surface area contributed by atoms with E-state index in [4.69, 9.17) is 5.73 Å². The molecule has 0 aromatic heterocycles. The maximum absolute atomic E-state index is 12.8. The SMILES string of the molecule is CC(C)C[C@@H](N)C(=O)Nc1cccc(F)c1. The van der Waals surface area contributed by atoms with Crippen LogP contribution in [0.5, 0.6) is 0 Å². The molecular formula is C12H17FN2O. The van der Waals surface area contributed by atoms with Crippen molar-refractivity contribution in [1.82, 2.24) is 0 Å². The van der Waals surface area contributed by atoms with Crippen LogP contribution in [0.3, 0.4) is 0 Å². The van der Waals surface area contributed by atoms with E-state index in [1.807, 2.05) is 13.8 Å². The number of carbonyl (C=O) groups excluding carboxylic acids is 1. The van der Waals surface area contributed by atoms with Crippen molar-refractivity contribution in [2.45, 2.75) is 26.3 Å². The summed E-state index contributed by atoms with van der Waals surface area (Å²) in [6.07, 6.45) is 0.612. The third-order valence-electron chi connectivity index (χ3n) is 2.15. The van der Waals surface area contributed by atoms with Crippen molar-refractivity contribution in [3.63, 3.8) is 0 Å². The molecule has 1 amide bonds. The number of rotatable bonds is 4. The predicted molar refractivity (Wildman–Crippen MR) is 62.5 cm³/mol. The molecule has 0 aliphatic carbocycles. The number of amides is 1. The fourth-order valence-corrected chi connectivity index (χ4v) is 1.42. The van der Waals surface area contributed by atoms with Crippen LogP contribution < -0.4 is 11.1 Å². The molecule has 0 aliphatic rings. The monoisotopic (exact) mass is 224 g/mol. The number of halogens is 1. The lowest BCUT2D eigenvalue weighted by Crippen LogP contribution is -2.36. The van der Waals surface area contributed by atoms with Crippen LogP contribution in [0.2, 0.25) is 0 Å². The van der Waals surface area contributed by atoms with Crippen molar-refractivity contribution in [3.05, 3.63) is 30.1 Å². The Hall–Kier alpha value is -1.42. The number of benzene rings is 1.